The number of aryl methyl sites for hydroxylation is 1. The molecule has 0 spiro atoms. The molecule has 0 aliphatic heterocycles. The standard InChI is InChI=1S/C19H17BrO/c20-17-11-8-16(9-12-17)19(21)13-10-15-6-3-5-14-4-1-2-7-18(14)15/h1-2,4,6-9,11-12H,3,5,10,13H2. The van der Waals surface area contributed by atoms with Crippen LogP contribution in [0.5, 0.6) is 0 Å². The van der Waals surface area contributed by atoms with Crippen molar-refractivity contribution in [3.8, 4) is 0 Å². The van der Waals surface area contributed by atoms with Gasteiger partial charge in [0.15, 0.2) is 5.78 Å². The summed E-state index contributed by atoms with van der Waals surface area (Å²) in [5, 5.41) is 0. The first-order chi connectivity index (χ1) is 10.2. The van der Waals surface area contributed by atoms with E-state index in [-0.39, 0.29) is 5.78 Å². The third-order valence-corrected chi connectivity index (χ3v) is 4.48. The molecular weight excluding hydrogens is 324 g/mol. The number of hydrogen-bond donors (Lipinski definition) is 0. The number of ketones is 1. The maximum atomic E-state index is 12.3. The molecule has 2 aromatic rings. The fraction of sp³-hybridized carbons (Fsp3) is 0.211. The van der Waals surface area contributed by atoms with Crippen molar-refractivity contribution >= 4 is 27.3 Å². The molecule has 0 unspecified atom stereocenters. The Hall–Kier alpha value is -1.67. The minimum Gasteiger partial charge on any atom is -0.294 e. The molecule has 0 fully saturated rings. The second-order valence-electron chi connectivity index (χ2n) is 5.36. The van der Waals surface area contributed by atoms with Gasteiger partial charge >= 0.3 is 0 Å². The van der Waals surface area contributed by atoms with Crippen LogP contribution in [0.3, 0.4) is 0 Å². The molecule has 1 aliphatic rings. The normalized spacial score (nSPS) is 13.5. The number of hydrogen-bond acceptors (Lipinski definition) is 1. The molecule has 0 saturated heterocycles. The van der Waals surface area contributed by atoms with Gasteiger partial charge in [-0.3, -0.25) is 4.79 Å². The van der Waals surface area contributed by atoms with E-state index in [0.29, 0.717) is 6.42 Å². The van der Waals surface area contributed by atoms with E-state index >= 15 is 0 Å². The fourth-order valence-corrected chi connectivity index (χ4v) is 3.09. The second kappa shape index (κ2) is 6.40. The Balaban J connectivity index is 1.69. The van der Waals surface area contributed by atoms with E-state index in [2.05, 4.69) is 46.3 Å². The van der Waals surface area contributed by atoms with Crippen molar-refractivity contribution < 1.29 is 4.79 Å². The predicted molar refractivity (Wildman–Crippen MR) is 90.4 cm³/mol. The van der Waals surface area contributed by atoms with Crippen molar-refractivity contribution in [3.63, 3.8) is 0 Å². The first-order valence-electron chi connectivity index (χ1n) is 7.30. The second-order valence-corrected chi connectivity index (χ2v) is 6.27. The van der Waals surface area contributed by atoms with Gasteiger partial charge in [-0.05, 0) is 48.1 Å². The Morgan fingerprint density at radius 3 is 2.62 bits per heavy atom. The van der Waals surface area contributed by atoms with Crippen LogP contribution in [0, 0.1) is 0 Å². The van der Waals surface area contributed by atoms with E-state index in [1.165, 1.54) is 16.7 Å². The van der Waals surface area contributed by atoms with Crippen LogP contribution in [0.25, 0.3) is 5.57 Å². The van der Waals surface area contributed by atoms with E-state index in [4.69, 9.17) is 0 Å². The summed E-state index contributed by atoms with van der Waals surface area (Å²) in [6, 6.07) is 16.1. The Morgan fingerprint density at radius 2 is 1.81 bits per heavy atom. The zero-order valence-corrected chi connectivity index (χ0v) is 13.4. The summed E-state index contributed by atoms with van der Waals surface area (Å²) < 4.78 is 1.00. The fourth-order valence-electron chi connectivity index (χ4n) is 2.83. The topological polar surface area (TPSA) is 17.1 Å². The van der Waals surface area contributed by atoms with Crippen LogP contribution in [0.15, 0.2) is 59.1 Å². The molecule has 0 saturated carbocycles. The van der Waals surface area contributed by atoms with Crippen LogP contribution in [0.1, 0.15) is 40.7 Å². The van der Waals surface area contributed by atoms with Crippen LogP contribution >= 0.6 is 15.9 Å². The molecule has 1 nitrogen and oxygen atoms in total. The Kier molecular flexibility index (Phi) is 4.35. The van der Waals surface area contributed by atoms with E-state index in [9.17, 15) is 4.79 Å². The van der Waals surface area contributed by atoms with Gasteiger partial charge in [0.2, 0.25) is 0 Å². The monoisotopic (exact) mass is 340 g/mol. The number of allylic oxidation sites excluding steroid dienone is 2. The molecule has 1 aliphatic carbocycles. The lowest BCUT2D eigenvalue weighted by Crippen LogP contribution is -2.03. The van der Waals surface area contributed by atoms with Gasteiger partial charge in [0.25, 0.3) is 0 Å². The molecule has 21 heavy (non-hydrogen) atoms. The maximum absolute atomic E-state index is 12.3. The molecule has 0 radical (unpaired) electrons. The number of carbonyl (C=O) groups excluding carboxylic acids is 1. The van der Waals surface area contributed by atoms with Crippen molar-refractivity contribution in [3.05, 3.63) is 75.8 Å². The van der Waals surface area contributed by atoms with Gasteiger partial charge in [0.1, 0.15) is 0 Å². The van der Waals surface area contributed by atoms with E-state index in [1.807, 2.05) is 24.3 Å². The third kappa shape index (κ3) is 3.33. The minimum absolute atomic E-state index is 0.214. The summed E-state index contributed by atoms with van der Waals surface area (Å²) in [4.78, 5) is 12.3. The smallest absolute Gasteiger partial charge is 0.163 e. The largest absolute Gasteiger partial charge is 0.294 e. The average molecular weight is 341 g/mol. The van der Waals surface area contributed by atoms with Crippen LogP contribution in [0.2, 0.25) is 0 Å². The summed E-state index contributed by atoms with van der Waals surface area (Å²) in [7, 11) is 0. The highest BCUT2D eigenvalue weighted by Gasteiger charge is 2.13. The molecule has 0 bridgehead atoms. The summed E-state index contributed by atoms with van der Waals surface area (Å²) in [6.07, 6.45) is 5.88. The van der Waals surface area contributed by atoms with E-state index < -0.39 is 0 Å². The lowest BCUT2D eigenvalue weighted by atomic mass is 9.88. The first-order valence-corrected chi connectivity index (χ1v) is 8.09. The highest BCUT2D eigenvalue weighted by atomic mass is 79.9. The number of benzene rings is 2. The molecule has 2 aromatic carbocycles. The van der Waals surface area contributed by atoms with E-state index in [0.717, 1.165) is 29.3 Å². The van der Waals surface area contributed by atoms with Gasteiger partial charge in [-0.25, -0.2) is 0 Å². The molecule has 106 valence electrons. The van der Waals surface area contributed by atoms with Crippen LogP contribution in [0.4, 0.5) is 0 Å². The van der Waals surface area contributed by atoms with Crippen molar-refractivity contribution in [2.24, 2.45) is 0 Å². The number of rotatable bonds is 4. The molecule has 0 N–H and O–H groups in total. The first kappa shape index (κ1) is 14.3. The van der Waals surface area contributed by atoms with Crippen molar-refractivity contribution in [2.75, 3.05) is 0 Å². The van der Waals surface area contributed by atoms with Crippen molar-refractivity contribution in [2.45, 2.75) is 25.7 Å². The van der Waals surface area contributed by atoms with Crippen LogP contribution in [-0.2, 0) is 6.42 Å². The van der Waals surface area contributed by atoms with Gasteiger partial charge in [0.05, 0.1) is 0 Å². The van der Waals surface area contributed by atoms with E-state index in [1.54, 1.807) is 0 Å². The summed E-state index contributed by atoms with van der Waals surface area (Å²) in [5.41, 5.74) is 4.85. The molecule has 2 heteroatoms. The molecule has 0 aromatic heterocycles. The Morgan fingerprint density at radius 1 is 1.05 bits per heavy atom. The molecule has 3 rings (SSSR count). The zero-order valence-electron chi connectivity index (χ0n) is 11.8. The van der Waals surface area contributed by atoms with Crippen LogP contribution in [-0.4, -0.2) is 5.78 Å². The molecule has 0 atom stereocenters. The summed E-state index contributed by atoms with van der Waals surface area (Å²) in [6.45, 7) is 0. The molecule has 0 heterocycles. The van der Waals surface area contributed by atoms with Gasteiger partial charge in [-0.1, -0.05) is 58.4 Å². The number of fused-ring (bicyclic) bond motifs is 1. The van der Waals surface area contributed by atoms with Gasteiger partial charge in [0, 0.05) is 16.5 Å². The number of carbonyl (C=O) groups is 1. The van der Waals surface area contributed by atoms with Gasteiger partial charge < -0.3 is 0 Å². The predicted octanol–water partition coefficient (Wildman–Crippen LogP) is 5.44. The molecule has 0 amide bonds. The summed E-state index contributed by atoms with van der Waals surface area (Å²) >= 11 is 3.39. The molecular formula is C19H17BrO. The Labute approximate surface area is 133 Å². The highest BCUT2D eigenvalue weighted by molar-refractivity contribution is 9.10. The highest BCUT2D eigenvalue weighted by Crippen LogP contribution is 2.29. The Bertz CT molecular complexity index is 683. The van der Waals surface area contributed by atoms with Crippen LogP contribution < -0.4 is 0 Å². The van der Waals surface area contributed by atoms with Gasteiger partial charge in [-0.15, -0.1) is 0 Å². The lowest BCUT2D eigenvalue weighted by molar-refractivity contribution is 0.0984. The third-order valence-electron chi connectivity index (χ3n) is 3.96. The maximum Gasteiger partial charge on any atom is 0.163 e. The number of Topliss-reactive ketones (excluding diaryl/α,β-unsaturated/α-hetero) is 1. The minimum atomic E-state index is 0.214. The zero-order chi connectivity index (χ0) is 14.7. The van der Waals surface area contributed by atoms with Gasteiger partial charge in [-0.2, -0.15) is 0 Å². The average Bonchev–Trinajstić information content (AvgIpc) is 2.53. The SMILES string of the molecule is O=C(CCC1=CCCc2ccccc21)c1ccc(Br)cc1. The lowest BCUT2D eigenvalue weighted by Gasteiger charge is -2.17. The number of halogens is 1. The van der Waals surface area contributed by atoms with Crippen molar-refractivity contribution in [1.82, 2.24) is 0 Å². The quantitative estimate of drug-likeness (QED) is 0.677. The van der Waals surface area contributed by atoms with Crippen molar-refractivity contribution in [1.29, 1.82) is 0 Å². The summed E-state index contributed by atoms with van der Waals surface area (Å²) in [5.74, 6) is 0.214.